The molecule has 0 fully saturated rings. The van der Waals surface area contributed by atoms with Crippen LogP contribution < -0.4 is 16.4 Å². The molecular formula is C13H15N5O. The number of aromatic nitrogens is 2. The van der Waals surface area contributed by atoms with Crippen molar-refractivity contribution in [2.75, 3.05) is 17.6 Å². The average molecular weight is 257 g/mol. The van der Waals surface area contributed by atoms with Crippen LogP contribution in [0.2, 0.25) is 0 Å². The number of anilines is 3. The van der Waals surface area contributed by atoms with Crippen LogP contribution in [0.4, 0.5) is 17.5 Å². The molecule has 1 aromatic heterocycles. The third-order valence-electron chi connectivity index (χ3n) is 3.06. The quantitative estimate of drug-likeness (QED) is 0.644. The van der Waals surface area contributed by atoms with Gasteiger partial charge in [-0.25, -0.2) is 4.98 Å². The summed E-state index contributed by atoms with van der Waals surface area (Å²) in [7, 11) is 0. The number of hydrogen-bond donors (Lipinski definition) is 4. The van der Waals surface area contributed by atoms with Gasteiger partial charge in [0.1, 0.15) is 11.6 Å². The molecule has 0 radical (unpaired) electrons. The number of nitrogen functional groups attached to an aromatic ring is 1. The van der Waals surface area contributed by atoms with Gasteiger partial charge in [-0.05, 0) is 25.1 Å². The van der Waals surface area contributed by atoms with Crippen LogP contribution in [-0.2, 0) is 13.0 Å². The van der Waals surface area contributed by atoms with Crippen molar-refractivity contribution in [2.45, 2.75) is 13.0 Å². The molecule has 0 aliphatic carbocycles. The van der Waals surface area contributed by atoms with Crippen molar-refractivity contribution in [1.29, 1.82) is 0 Å². The minimum absolute atomic E-state index is 0.211. The molecule has 0 bridgehead atoms. The zero-order chi connectivity index (χ0) is 13.2. The molecule has 6 heteroatoms. The second-order valence-corrected chi connectivity index (χ2v) is 4.46. The summed E-state index contributed by atoms with van der Waals surface area (Å²) in [5, 5.41) is 15.9. The zero-order valence-corrected chi connectivity index (χ0v) is 10.3. The summed E-state index contributed by atoms with van der Waals surface area (Å²) in [5.41, 5.74) is 8.52. The van der Waals surface area contributed by atoms with Gasteiger partial charge in [0.2, 0.25) is 5.95 Å². The van der Waals surface area contributed by atoms with Crippen LogP contribution in [0.25, 0.3) is 0 Å². The monoisotopic (exact) mass is 257 g/mol. The number of benzene rings is 1. The molecule has 0 saturated heterocycles. The molecule has 1 aliphatic rings. The Morgan fingerprint density at radius 3 is 3.05 bits per heavy atom. The highest BCUT2D eigenvalue weighted by atomic mass is 16.3. The van der Waals surface area contributed by atoms with E-state index in [0.29, 0.717) is 6.54 Å². The predicted octanol–water partition coefficient (Wildman–Crippen LogP) is 1.15. The maximum Gasteiger partial charge on any atom is 0.222 e. The topological polar surface area (TPSA) is 96.1 Å². The Kier molecular flexibility index (Phi) is 2.92. The van der Waals surface area contributed by atoms with Crippen LogP contribution >= 0.6 is 0 Å². The van der Waals surface area contributed by atoms with Crippen LogP contribution in [0.1, 0.15) is 11.3 Å². The number of phenols is 1. The van der Waals surface area contributed by atoms with E-state index in [4.69, 9.17) is 5.73 Å². The number of nitrogens with two attached hydrogens (primary N) is 1. The number of hydrogen-bond acceptors (Lipinski definition) is 6. The van der Waals surface area contributed by atoms with Crippen molar-refractivity contribution < 1.29 is 5.11 Å². The van der Waals surface area contributed by atoms with E-state index in [1.807, 2.05) is 6.07 Å². The number of phenolic OH excluding ortho intramolecular Hbond substituents is 1. The Labute approximate surface area is 110 Å². The first kappa shape index (κ1) is 11.7. The Hall–Kier alpha value is -2.34. The van der Waals surface area contributed by atoms with Crippen molar-refractivity contribution in [3.63, 3.8) is 0 Å². The van der Waals surface area contributed by atoms with Gasteiger partial charge >= 0.3 is 0 Å². The van der Waals surface area contributed by atoms with Gasteiger partial charge in [-0.1, -0.05) is 6.07 Å². The van der Waals surface area contributed by atoms with Gasteiger partial charge in [0, 0.05) is 23.9 Å². The smallest absolute Gasteiger partial charge is 0.222 e. The Balaban J connectivity index is 1.98. The Bertz CT molecular complexity index is 614. The first-order valence-electron chi connectivity index (χ1n) is 6.14. The highest BCUT2D eigenvalue weighted by Crippen LogP contribution is 2.25. The number of aromatic hydroxyl groups is 1. The fraction of sp³-hybridized carbons (Fsp3) is 0.231. The number of rotatable bonds is 2. The van der Waals surface area contributed by atoms with E-state index in [1.165, 1.54) is 0 Å². The molecule has 19 heavy (non-hydrogen) atoms. The second kappa shape index (κ2) is 4.74. The third-order valence-corrected chi connectivity index (χ3v) is 3.06. The third kappa shape index (κ3) is 2.43. The Morgan fingerprint density at radius 1 is 1.32 bits per heavy atom. The first-order valence-corrected chi connectivity index (χ1v) is 6.14. The molecule has 1 aromatic carbocycles. The molecular weight excluding hydrogens is 242 g/mol. The molecule has 5 N–H and O–H groups in total. The molecule has 98 valence electrons. The molecule has 3 rings (SSSR count). The summed E-state index contributed by atoms with van der Waals surface area (Å²) >= 11 is 0. The summed E-state index contributed by atoms with van der Waals surface area (Å²) in [4.78, 5) is 8.51. The van der Waals surface area contributed by atoms with E-state index in [0.717, 1.165) is 35.7 Å². The van der Waals surface area contributed by atoms with Gasteiger partial charge in [-0.3, -0.25) is 0 Å². The van der Waals surface area contributed by atoms with E-state index in [2.05, 4.69) is 20.6 Å². The van der Waals surface area contributed by atoms with Gasteiger partial charge < -0.3 is 21.5 Å². The Morgan fingerprint density at radius 2 is 2.21 bits per heavy atom. The van der Waals surface area contributed by atoms with Gasteiger partial charge in [-0.2, -0.15) is 4.98 Å². The second-order valence-electron chi connectivity index (χ2n) is 4.46. The van der Waals surface area contributed by atoms with Gasteiger partial charge in [0.25, 0.3) is 0 Å². The van der Waals surface area contributed by atoms with E-state index in [1.54, 1.807) is 18.2 Å². The van der Waals surface area contributed by atoms with E-state index < -0.39 is 0 Å². The summed E-state index contributed by atoms with van der Waals surface area (Å²) in [6.07, 6.45) is 0.858. The highest BCUT2D eigenvalue weighted by Gasteiger charge is 2.16. The van der Waals surface area contributed by atoms with Crippen LogP contribution in [0.15, 0.2) is 24.3 Å². The fourth-order valence-electron chi connectivity index (χ4n) is 2.20. The van der Waals surface area contributed by atoms with Gasteiger partial charge in [-0.15, -0.1) is 0 Å². The van der Waals surface area contributed by atoms with E-state index in [9.17, 15) is 5.11 Å². The zero-order valence-electron chi connectivity index (χ0n) is 10.3. The van der Waals surface area contributed by atoms with E-state index in [-0.39, 0.29) is 11.7 Å². The minimum atomic E-state index is 0.211. The molecule has 0 amide bonds. The number of nitrogens with one attached hydrogen (secondary N) is 2. The average Bonchev–Trinajstić information content (AvgIpc) is 2.38. The first-order chi connectivity index (χ1) is 9.22. The summed E-state index contributed by atoms with van der Waals surface area (Å²) in [6.45, 7) is 1.60. The van der Waals surface area contributed by atoms with Crippen molar-refractivity contribution in [3.05, 3.63) is 35.5 Å². The summed E-state index contributed by atoms with van der Waals surface area (Å²) < 4.78 is 0. The minimum Gasteiger partial charge on any atom is -0.508 e. The van der Waals surface area contributed by atoms with Crippen molar-refractivity contribution in [1.82, 2.24) is 15.3 Å². The van der Waals surface area contributed by atoms with Gasteiger partial charge in [0.15, 0.2) is 0 Å². The summed E-state index contributed by atoms with van der Waals surface area (Å²) in [5.74, 6) is 1.18. The molecule has 0 spiro atoms. The fourth-order valence-corrected chi connectivity index (χ4v) is 2.20. The lowest BCUT2D eigenvalue weighted by Crippen LogP contribution is -2.26. The molecule has 2 heterocycles. The number of nitrogens with zero attached hydrogens (tertiary/aromatic N) is 2. The predicted molar refractivity (Wildman–Crippen MR) is 73.2 cm³/mol. The molecule has 6 nitrogen and oxygen atoms in total. The van der Waals surface area contributed by atoms with Crippen molar-refractivity contribution >= 4 is 17.5 Å². The lowest BCUT2D eigenvalue weighted by atomic mass is 10.1. The summed E-state index contributed by atoms with van der Waals surface area (Å²) in [6, 6.07) is 6.91. The lowest BCUT2D eigenvalue weighted by molar-refractivity contribution is 0.475. The van der Waals surface area contributed by atoms with Crippen LogP contribution in [0, 0.1) is 0 Å². The molecule has 1 aliphatic heterocycles. The van der Waals surface area contributed by atoms with Crippen LogP contribution in [-0.4, -0.2) is 21.6 Å². The highest BCUT2D eigenvalue weighted by molar-refractivity contribution is 5.63. The molecule has 0 atom stereocenters. The molecule has 2 aromatic rings. The standard InChI is InChI=1S/C13H15N5O/c14-13-17-11-7-15-5-4-10(11)12(18-13)16-8-2-1-3-9(19)6-8/h1-3,6,15,19H,4-5,7H2,(H3,14,16,17,18). The maximum atomic E-state index is 9.48. The van der Waals surface area contributed by atoms with Crippen LogP contribution in [0.3, 0.4) is 0 Å². The van der Waals surface area contributed by atoms with Crippen LogP contribution in [0.5, 0.6) is 5.75 Å². The number of fused-ring (bicyclic) bond motifs is 1. The maximum absolute atomic E-state index is 9.48. The largest absolute Gasteiger partial charge is 0.508 e. The van der Waals surface area contributed by atoms with E-state index >= 15 is 0 Å². The van der Waals surface area contributed by atoms with Crippen molar-refractivity contribution in [3.8, 4) is 5.75 Å². The lowest BCUT2D eigenvalue weighted by Gasteiger charge is -2.19. The molecule has 0 saturated carbocycles. The SMILES string of the molecule is Nc1nc2c(c(Nc3cccc(O)c3)n1)CCNC2. The van der Waals surface area contributed by atoms with Gasteiger partial charge in [0.05, 0.1) is 5.69 Å². The molecule has 0 unspecified atom stereocenters. The normalized spacial score (nSPS) is 13.9. The van der Waals surface area contributed by atoms with Crippen molar-refractivity contribution in [2.24, 2.45) is 0 Å².